The van der Waals surface area contributed by atoms with E-state index < -0.39 is 173 Å². The zero-order valence-electron chi connectivity index (χ0n) is 65.6. The number of nitrogens with one attached hydrogen (secondary N) is 5. The van der Waals surface area contributed by atoms with Gasteiger partial charge in [0.15, 0.2) is 33.5 Å². The van der Waals surface area contributed by atoms with E-state index in [0.717, 1.165) is 5.56 Å². The molecule has 5 amide bonds. The summed E-state index contributed by atoms with van der Waals surface area (Å²) in [4.78, 5) is 71.0. The monoisotopic (exact) mass is 1630 g/mol. The Morgan fingerprint density at radius 2 is 0.889 bits per heavy atom. The summed E-state index contributed by atoms with van der Waals surface area (Å²) < 4.78 is 97.6. The van der Waals surface area contributed by atoms with Crippen molar-refractivity contribution in [3.63, 3.8) is 0 Å². The van der Waals surface area contributed by atoms with E-state index in [4.69, 9.17) is 70.7 Å². The number of rotatable bonds is 31. The van der Waals surface area contributed by atoms with Crippen LogP contribution in [-0.4, -0.2) is 202 Å². The molecular weight excluding hydrogens is 1530 g/mol. The number of fused-ring (bicyclic) bond motifs is 1. The zero-order chi connectivity index (χ0) is 82.3. The van der Waals surface area contributed by atoms with Crippen LogP contribution in [0.5, 0.6) is 0 Å². The van der Waals surface area contributed by atoms with E-state index in [-0.39, 0.29) is 59.3 Å². The van der Waals surface area contributed by atoms with E-state index in [1.807, 2.05) is 82.4 Å². The van der Waals surface area contributed by atoms with Gasteiger partial charge in [0.05, 0.1) is 31.9 Å². The van der Waals surface area contributed by atoms with Gasteiger partial charge < -0.3 is 118 Å². The number of aliphatic hydroxyl groups is 4. The number of allylic oxidation sites excluding steroid dienone is 2. The van der Waals surface area contributed by atoms with Gasteiger partial charge in [-0.1, -0.05) is 257 Å². The fourth-order valence-corrected chi connectivity index (χ4v) is 14.7. The molecule has 1 unspecified atom stereocenters. The molecule has 5 fully saturated rings. The molecule has 30 heteroatoms. The lowest BCUT2D eigenvalue weighted by Crippen LogP contribution is -2.71. The van der Waals surface area contributed by atoms with Gasteiger partial charge >= 0.3 is 30.5 Å². The summed E-state index contributed by atoms with van der Waals surface area (Å²) in [6, 6.07) is 56.7. The van der Waals surface area contributed by atoms with Crippen molar-refractivity contribution in [3.8, 4) is 0 Å². The Morgan fingerprint density at radius 1 is 0.453 bits per heavy atom. The smallest absolute Gasteiger partial charge is 0.407 e. The van der Waals surface area contributed by atoms with Gasteiger partial charge in [-0.05, 0) is 57.9 Å². The van der Waals surface area contributed by atoms with Crippen LogP contribution in [0.1, 0.15) is 72.4 Å². The second kappa shape index (κ2) is 41.9. The molecule has 1 aliphatic carbocycles. The summed E-state index contributed by atoms with van der Waals surface area (Å²) in [5.74, 6) is 0. The quantitative estimate of drug-likeness (QED) is 0.0111. The Kier molecular flexibility index (Phi) is 30.9. The van der Waals surface area contributed by atoms with Crippen molar-refractivity contribution in [1.29, 1.82) is 0 Å². The first-order chi connectivity index (χ1) is 56.6. The average molecular weight is 1630 g/mol. The Balaban J connectivity index is 0.943. The minimum atomic E-state index is -2.82. The maximum absolute atomic E-state index is 14.7. The molecule has 0 radical (unpaired) electrons. The fraction of sp³-hybridized carbons (Fsp3) is 0.414. The summed E-state index contributed by atoms with van der Waals surface area (Å²) >= 11 is 0. The molecule has 20 atom stereocenters. The largest absolute Gasteiger partial charge is 0.445 e. The van der Waals surface area contributed by atoms with Gasteiger partial charge in [-0.15, -0.1) is 0 Å². The Labute approximate surface area is 680 Å². The van der Waals surface area contributed by atoms with Crippen molar-refractivity contribution in [2.75, 3.05) is 26.4 Å². The maximum Gasteiger partial charge on any atom is 0.407 e. The molecule has 117 heavy (non-hydrogen) atoms. The summed E-state index contributed by atoms with van der Waals surface area (Å²) in [6.45, 7) is 8.01. The van der Waals surface area contributed by atoms with Crippen molar-refractivity contribution in [1.82, 2.24) is 26.6 Å². The number of ether oxygens (including phenoxy) is 14. The number of hydrogen-bond acceptors (Lipinski definition) is 24. The van der Waals surface area contributed by atoms with Crippen molar-refractivity contribution >= 4 is 44.9 Å². The summed E-state index contributed by atoms with van der Waals surface area (Å²) in [6.07, 6.45) is -23.7. The van der Waals surface area contributed by atoms with E-state index >= 15 is 0 Å². The average Bonchev–Trinajstić information content (AvgIpc) is 1.74. The van der Waals surface area contributed by atoms with Gasteiger partial charge in [0.2, 0.25) is 0 Å². The van der Waals surface area contributed by atoms with Crippen molar-refractivity contribution in [2.45, 2.75) is 201 Å². The van der Waals surface area contributed by atoms with Crippen LogP contribution < -0.4 is 26.6 Å². The molecule has 12 rings (SSSR count). The number of carbonyl (C=O) groups is 5. The van der Waals surface area contributed by atoms with Crippen LogP contribution in [0.2, 0.25) is 18.1 Å². The van der Waals surface area contributed by atoms with Gasteiger partial charge in [-0.2, -0.15) is 0 Å². The van der Waals surface area contributed by atoms with Gasteiger partial charge in [0, 0.05) is 12.1 Å². The number of benzene rings is 7. The molecule has 29 nitrogen and oxygen atoms in total. The zero-order valence-corrected chi connectivity index (χ0v) is 66.6. The fourth-order valence-electron chi connectivity index (χ4n) is 13.7. The number of carbonyl (C=O) groups excluding carboxylic acids is 5. The van der Waals surface area contributed by atoms with Crippen LogP contribution in [0.4, 0.5) is 24.0 Å². The highest BCUT2D eigenvalue weighted by Gasteiger charge is 2.59. The molecule has 5 aliphatic rings. The predicted molar refractivity (Wildman–Crippen MR) is 426 cm³/mol. The lowest BCUT2D eigenvalue weighted by atomic mass is 9.83. The number of hydrogen-bond donors (Lipinski definition) is 9. The van der Waals surface area contributed by atoms with Gasteiger partial charge in [0.1, 0.15) is 118 Å². The molecular formula is C87H103N5O24Si. The van der Waals surface area contributed by atoms with Crippen molar-refractivity contribution < 1.29 is 115 Å². The molecule has 0 bridgehead atoms. The standard InChI is InChI=1S/C87H103N5O24Si/c1-87(2,3)117(4,5)109-54-66-75(115-79-67(91-85(100)107-51-59-39-22-10-23-40-59)71(95)70(94)64(110-79)47-88-82(97)104-48-56-33-16-7-17-34-56)77(102-45-29-13-26-32-55-30-14-6-15-31-55)81(112-66)116-76-69(93)62(89-83(98)105-49-57-35-18-8-19-36-57)46-63(90-84(99)106-50-58-37-20-9-21-38-58)73(76)113-80-68(92-86(101)108-52-60-41-24-11-25-42-60)72(96)74-65(111-80)53-103-78(114-74)61-43-27-12-28-44-61/h6-44,62-81,93-96H,45-54H2,1-5H3,(H,88,97)(H,89,98)(H,90,99)(H,91,100)(H,92,101)/t62-,63+,64+,65-,66-,67-,68-,69+,70-,71-,72-,73-,74-,75-,76-,77-,78?,79-,80-,81+/m1/s1. The highest BCUT2D eigenvalue weighted by atomic mass is 28.4. The highest BCUT2D eigenvalue weighted by molar-refractivity contribution is 6.74. The van der Waals surface area contributed by atoms with Crippen LogP contribution in [0.15, 0.2) is 231 Å². The van der Waals surface area contributed by atoms with Crippen LogP contribution in [-0.2, 0) is 104 Å². The van der Waals surface area contributed by atoms with Gasteiger partial charge in [-0.3, -0.25) is 0 Å². The van der Waals surface area contributed by atoms with Gasteiger partial charge in [0.25, 0.3) is 0 Å². The Hall–Kier alpha value is -9.97. The van der Waals surface area contributed by atoms with Crippen LogP contribution >= 0.6 is 0 Å². The predicted octanol–water partition coefficient (Wildman–Crippen LogP) is 10.1. The molecule has 0 spiro atoms. The van der Waals surface area contributed by atoms with E-state index in [0.29, 0.717) is 33.4 Å². The first-order valence-corrected chi connectivity index (χ1v) is 41.9. The minimum Gasteiger partial charge on any atom is -0.445 e. The molecule has 4 aliphatic heterocycles. The van der Waals surface area contributed by atoms with E-state index in [1.165, 1.54) is 0 Å². The second-order valence-electron chi connectivity index (χ2n) is 30.4. The van der Waals surface area contributed by atoms with Crippen LogP contribution in [0.3, 0.4) is 0 Å². The van der Waals surface area contributed by atoms with Crippen LogP contribution in [0, 0.1) is 0 Å². The molecule has 4 saturated heterocycles. The molecule has 1 saturated carbocycles. The number of amides is 5. The summed E-state index contributed by atoms with van der Waals surface area (Å²) in [7, 11) is -2.82. The van der Waals surface area contributed by atoms with E-state index in [9.17, 15) is 44.4 Å². The van der Waals surface area contributed by atoms with Crippen molar-refractivity contribution in [3.05, 3.63) is 269 Å². The van der Waals surface area contributed by atoms with E-state index in [2.05, 4.69) is 26.6 Å². The normalized spacial score (nSPS) is 27.8. The summed E-state index contributed by atoms with van der Waals surface area (Å²) in [5, 5.41) is 64.1. The minimum absolute atomic E-state index is 0.111. The number of aliphatic hydroxyl groups excluding tert-OH is 4. The number of alkyl carbamates (subject to hydrolysis) is 5. The lowest BCUT2D eigenvalue weighted by molar-refractivity contribution is -0.358. The molecule has 624 valence electrons. The molecule has 0 aromatic heterocycles. The second-order valence-corrected chi connectivity index (χ2v) is 35.2. The van der Waals surface area contributed by atoms with Gasteiger partial charge in [-0.25, -0.2) is 24.0 Å². The SMILES string of the molecule is CC(C)(C)[Si](C)(C)OC[C@H]1O[C@@H](O[C@@H]2[C@@H](O)[C@H](NC(=O)OCc3ccccc3)C[C@H](NC(=O)OCc3ccccc3)[C@H]2O[C@H]2O[C@@H]3COC(c4ccccc4)O[C@H]3[C@H](O)[C@H]2NC(=O)OCc2ccccc2)[C@H](OCC=CC=Cc2ccccc2)[C@@H]1O[C@H]1O[C@@H](CNC(=O)OCc2ccccc2)[C@@H](O)[C@H](O)[C@H]1NC(=O)OCc1ccccc1. The maximum atomic E-state index is 14.7. The van der Waals surface area contributed by atoms with Crippen molar-refractivity contribution in [2.24, 2.45) is 0 Å². The third kappa shape index (κ3) is 24.4. The Bertz CT molecular complexity index is 4300. The lowest BCUT2D eigenvalue weighted by Gasteiger charge is -2.51. The molecule has 9 N–H and O–H groups in total. The summed E-state index contributed by atoms with van der Waals surface area (Å²) in [5.41, 5.74) is 4.72. The molecule has 4 heterocycles. The Morgan fingerprint density at radius 3 is 1.40 bits per heavy atom. The topological polar surface area (TPSA) is 365 Å². The van der Waals surface area contributed by atoms with Crippen LogP contribution in [0.25, 0.3) is 6.08 Å². The highest BCUT2D eigenvalue weighted by Crippen LogP contribution is 2.42. The van der Waals surface area contributed by atoms with E-state index in [1.54, 1.807) is 188 Å². The third-order valence-electron chi connectivity index (χ3n) is 21.1. The molecule has 7 aromatic carbocycles. The first kappa shape index (κ1) is 86.4. The molecule has 7 aromatic rings. The first-order valence-electron chi connectivity index (χ1n) is 39.0. The third-order valence-corrected chi connectivity index (χ3v) is 25.6.